The predicted molar refractivity (Wildman–Crippen MR) is 237 cm³/mol. The Morgan fingerprint density at radius 3 is 1.74 bits per heavy atom. The highest BCUT2D eigenvalue weighted by atomic mass is 28.4. The number of anilines is 3. The number of carbonyl (C=O) groups excluding carboxylic acids is 4. The van der Waals surface area contributed by atoms with Gasteiger partial charge in [0.1, 0.15) is 25.9 Å². The summed E-state index contributed by atoms with van der Waals surface area (Å²) in [6, 6.07) is 12.7. The fraction of sp³-hybridized carbons (Fsp3) is 0.535. The summed E-state index contributed by atoms with van der Waals surface area (Å²) < 4.78 is 28.7. The molecule has 15 heteroatoms. The van der Waals surface area contributed by atoms with Gasteiger partial charge in [-0.1, -0.05) is 79.0 Å². The molecule has 58 heavy (non-hydrogen) atoms. The van der Waals surface area contributed by atoms with Gasteiger partial charge in [-0.05, 0) is 84.6 Å². The number of carbonyl (C=O) groups is 4. The molecule has 0 saturated carbocycles. The van der Waals surface area contributed by atoms with Crippen molar-refractivity contribution in [1.82, 2.24) is 5.32 Å². The molecule has 0 radical (unpaired) electrons. The third kappa shape index (κ3) is 16.4. The summed E-state index contributed by atoms with van der Waals surface area (Å²) in [7, 11) is -2.18. The summed E-state index contributed by atoms with van der Waals surface area (Å²) in [4.78, 5) is 54.0. The molecule has 0 saturated heterocycles. The van der Waals surface area contributed by atoms with Crippen molar-refractivity contribution >= 4 is 57.8 Å². The summed E-state index contributed by atoms with van der Waals surface area (Å²) in [5.74, 6) is -1.25. The minimum atomic E-state index is -1.92. The molecule has 0 aliphatic rings. The maximum absolute atomic E-state index is 13.1. The molecule has 0 fully saturated rings. The van der Waals surface area contributed by atoms with Crippen molar-refractivity contribution in [2.45, 2.75) is 103 Å². The Labute approximate surface area is 348 Å². The number of nitrogens with one attached hydrogen (secondary N) is 2. The number of hydrogen-bond donors (Lipinski definition) is 2. The molecule has 2 rings (SSSR count). The van der Waals surface area contributed by atoms with Crippen LogP contribution in [0.1, 0.15) is 59.9 Å². The molecule has 2 aromatic carbocycles. The number of nitrogens with zero attached hydrogens (tertiary/aromatic N) is 2. The fourth-order valence-corrected chi connectivity index (χ4v) is 6.92. The van der Waals surface area contributed by atoms with Crippen molar-refractivity contribution in [3.8, 4) is 0 Å². The molecule has 0 aromatic heterocycles. The number of rotatable bonds is 22. The molecule has 0 bridgehead atoms. The van der Waals surface area contributed by atoms with Crippen LogP contribution in [0.4, 0.5) is 26.7 Å². The lowest BCUT2D eigenvalue weighted by Crippen LogP contribution is -2.44. The Hall–Kier alpha value is -4.45. The molecule has 322 valence electrons. The van der Waals surface area contributed by atoms with Gasteiger partial charge < -0.3 is 38.6 Å². The van der Waals surface area contributed by atoms with Crippen LogP contribution in [0.15, 0.2) is 73.8 Å². The maximum Gasteiger partial charge on any atom is 0.414 e. The van der Waals surface area contributed by atoms with Crippen LogP contribution < -0.4 is 20.4 Å². The van der Waals surface area contributed by atoms with Gasteiger partial charge >= 0.3 is 24.1 Å². The van der Waals surface area contributed by atoms with Crippen LogP contribution in [0.25, 0.3) is 0 Å². The Balaban J connectivity index is 2.02. The van der Waals surface area contributed by atoms with Crippen LogP contribution >= 0.6 is 0 Å². The van der Waals surface area contributed by atoms with E-state index in [9.17, 15) is 19.2 Å². The number of benzene rings is 2. The Kier molecular flexibility index (Phi) is 19.4. The van der Waals surface area contributed by atoms with E-state index in [0.717, 1.165) is 5.69 Å². The second kappa shape index (κ2) is 22.6. The predicted octanol–water partition coefficient (Wildman–Crippen LogP) is 9.04. The van der Waals surface area contributed by atoms with Gasteiger partial charge in [0, 0.05) is 43.6 Å². The van der Waals surface area contributed by atoms with Gasteiger partial charge in [0.15, 0.2) is 16.6 Å². The number of esters is 2. The lowest BCUT2D eigenvalue weighted by molar-refractivity contribution is -0.146. The molecular weight excluding hydrogens is 773 g/mol. The molecule has 0 aliphatic heterocycles. The van der Waals surface area contributed by atoms with Gasteiger partial charge in [0.25, 0.3) is 0 Å². The molecule has 2 aromatic rings. The third-order valence-electron chi connectivity index (χ3n) is 10.6. The monoisotopic (exact) mass is 840 g/mol. The average molecular weight is 841 g/mol. The first-order chi connectivity index (χ1) is 27.0. The SMILES string of the molecule is C=CCOC(=O)CC[C@H](NC(=O)Nc1ccc(COC(=O)N(C)c2ccc(N(CCO[Si](C)(C)C(C)(C)C)CCO[Si](C)(C)C(C)(C)C)cc2)cc1)C(=O)OCC=C. The highest BCUT2D eigenvalue weighted by Crippen LogP contribution is 2.37. The zero-order chi connectivity index (χ0) is 43.7. The van der Waals surface area contributed by atoms with E-state index in [-0.39, 0.29) is 42.7 Å². The van der Waals surface area contributed by atoms with E-state index < -0.39 is 46.7 Å². The minimum absolute atomic E-state index is 0.00311. The van der Waals surface area contributed by atoms with E-state index in [0.29, 0.717) is 43.2 Å². The first kappa shape index (κ1) is 49.7. The summed E-state index contributed by atoms with van der Waals surface area (Å²) in [5, 5.41) is 5.43. The lowest BCUT2D eigenvalue weighted by atomic mass is 10.1. The van der Waals surface area contributed by atoms with Crippen molar-refractivity contribution in [2.24, 2.45) is 0 Å². The smallest absolute Gasteiger partial charge is 0.414 e. The highest BCUT2D eigenvalue weighted by Gasteiger charge is 2.38. The van der Waals surface area contributed by atoms with E-state index in [2.05, 4.69) is 96.4 Å². The molecule has 0 heterocycles. The molecular formula is C43H68N4O9Si2. The van der Waals surface area contributed by atoms with E-state index in [1.54, 1.807) is 31.3 Å². The van der Waals surface area contributed by atoms with Crippen molar-refractivity contribution in [1.29, 1.82) is 0 Å². The fourth-order valence-electron chi connectivity index (χ4n) is 4.85. The number of amides is 3. The Morgan fingerprint density at radius 1 is 0.741 bits per heavy atom. The summed E-state index contributed by atoms with van der Waals surface area (Å²) in [5.41, 5.74) is 2.82. The second-order valence-electron chi connectivity index (χ2n) is 17.1. The van der Waals surface area contributed by atoms with Gasteiger partial charge in [-0.15, -0.1) is 0 Å². The molecule has 1 atom stereocenters. The first-order valence-electron chi connectivity index (χ1n) is 19.7. The number of urea groups is 1. The minimum Gasteiger partial charge on any atom is -0.461 e. The van der Waals surface area contributed by atoms with Crippen LogP contribution in [-0.2, 0) is 39.3 Å². The zero-order valence-electron chi connectivity index (χ0n) is 36.7. The standard InChI is InChI=1S/C43H68N4O9Si2/c1-14-28-52-38(48)25-24-37(39(49)53-29-15-2)45-40(50)44-34-18-16-33(17-19-34)32-54-41(51)46(9)35-20-22-36(23-21-35)47(26-30-55-57(10,11)42(3,4)5)27-31-56-58(12,13)43(6,7)8/h14-23,37H,1-2,24-32H2,3-13H3,(H2,44,45,50)/t37-/m0/s1. The van der Waals surface area contributed by atoms with Gasteiger partial charge in [-0.2, -0.15) is 0 Å². The topological polar surface area (TPSA) is 145 Å². The largest absolute Gasteiger partial charge is 0.461 e. The number of ether oxygens (including phenoxy) is 3. The van der Waals surface area contributed by atoms with E-state index in [1.807, 2.05) is 24.3 Å². The maximum atomic E-state index is 13.1. The van der Waals surface area contributed by atoms with E-state index in [1.165, 1.54) is 17.1 Å². The molecule has 2 N–H and O–H groups in total. The van der Waals surface area contributed by atoms with Crippen LogP contribution in [-0.4, -0.2) is 93.3 Å². The van der Waals surface area contributed by atoms with E-state index in [4.69, 9.17) is 23.1 Å². The van der Waals surface area contributed by atoms with Gasteiger partial charge in [-0.3, -0.25) is 9.69 Å². The lowest BCUT2D eigenvalue weighted by Gasteiger charge is -2.38. The number of hydrogen-bond acceptors (Lipinski definition) is 10. The van der Waals surface area contributed by atoms with Crippen LogP contribution in [0.3, 0.4) is 0 Å². The quantitative estimate of drug-likeness (QED) is 0.0510. The molecule has 0 aliphatic carbocycles. The highest BCUT2D eigenvalue weighted by molar-refractivity contribution is 6.74. The Morgan fingerprint density at radius 2 is 1.24 bits per heavy atom. The van der Waals surface area contributed by atoms with Crippen LogP contribution in [0, 0.1) is 0 Å². The second-order valence-corrected chi connectivity index (χ2v) is 26.7. The van der Waals surface area contributed by atoms with Crippen molar-refractivity contribution in [3.63, 3.8) is 0 Å². The molecule has 0 unspecified atom stereocenters. The summed E-state index contributed by atoms with van der Waals surface area (Å²) >= 11 is 0. The molecule has 13 nitrogen and oxygen atoms in total. The van der Waals surface area contributed by atoms with Crippen molar-refractivity contribution in [2.75, 3.05) is 61.7 Å². The van der Waals surface area contributed by atoms with Crippen LogP contribution in [0.2, 0.25) is 36.3 Å². The molecule has 3 amide bonds. The summed E-state index contributed by atoms with van der Waals surface area (Å²) in [6.45, 7) is 32.1. The van der Waals surface area contributed by atoms with E-state index >= 15 is 0 Å². The van der Waals surface area contributed by atoms with Gasteiger partial charge in [0.05, 0.1) is 13.2 Å². The first-order valence-corrected chi connectivity index (χ1v) is 25.6. The zero-order valence-corrected chi connectivity index (χ0v) is 38.7. The van der Waals surface area contributed by atoms with Gasteiger partial charge in [-0.25, -0.2) is 14.4 Å². The third-order valence-corrected chi connectivity index (χ3v) is 19.7. The average Bonchev–Trinajstić information content (AvgIpc) is 3.15. The van der Waals surface area contributed by atoms with Crippen LogP contribution in [0.5, 0.6) is 0 Å². The summed E-state index contributed by atoms with van der Waals surface area (Å²) in [6.07, 6.45) is 2.16. The van der Waals surface area contributed by atoms with Crippen molar-refractivity contribution in [3.05, 3.63) is 79.4 Å². The Bertz CT molecular complexity index is 1620. The molecule has 0 spiro atoms. The normalized spacial score (nSPS) is 12.5. The van der Waals surface area contributed by atoms with Gasteiger partial charge in [0.2, 0.25) is 0 Å². The van der Waals surface area contributed by atoms with Crippen molar-refractivity contribution < 1.29 is 42.2 Å².